The van der Waals surface area contributed by atoms with E-state index in [1.54, 1.807) is 0 Å². The van der Waals surface area contributed by atoms with Crippen LogP contribution >= 0.6 is 11.3 Å². The van der Waals surface area contributed by atoms with Crippen molar-refractivity contribution in [1.29, 1.82) is 0 Å². The van der Waals surface area contributed by atoms with E-state index in [1.807, 2.05) is 11.3 Å². The molecule has 18 heavy (non-hydrogen) atoms. The molecule has 0 bridgehead atoms. The minimum Gasteiger partial charge on any atom is -0.347 e. The van der Waals surface area contributed by atoms with E-state index < -0.39 is 0 Å². The van der Waals surface area contributed by atoms with Crippen LogP contribution < -0.4 is 10.2 Å². The van der Waals surface area contributed by atoms with Gasteiger partial charge in [-0.3, -0.25) is 0 Å². The molecule has 2 saturated heterocycles. The molecule has 1 aromatic heterocycles. The van der Waals surface area contributed by atoms with Gasteiger partial charge in [0.2, 0.25) is 0 Å². The van der Waals surface area contributed by atoms with Crippen LogP contribution in [0, 0.1) is 5.41 Å². The van der Waals surface area contributed by atoms with E-state index in [4.69, 9.17) is 4.98 Å². The first kappa shape index (κ1) is 12.4. The molecule has 0 radical (unpaired) electrons. The van der Waals surface area contributed by atoms with Crippen molar-refractivity contribution in [2.45, 2.75) is 39.0 Å². The predicted molar refractivity (Wildman–Crippen MR) is 77.5 cm³/mol. The summed E-state index contributed by atoms with van der Waals surface area (Å²) in [6.07, 6.45) is 6.50. The highest BCUT2D eigenvalue weighted by atomic mass is 32.1. The molecule has 100 valence electrons. The average molecular weight is 265 g/mol. The van der Waals surface area contributed by atoms with Gasteiger partial charge in [0.15, 0.2) is 5.13 Å². The van der Waals surface area contributed by atoms with Crippen molar-refractivity contribution >= 4 is 16.5 Å². The van der Waals surface area contributed by atoms with E-state index >= 15 is 0 Å². The summed E-state index contributed by atoms with van der Waals surface area (Å²) in [6, 6.07) is 0. The van der Waals surface area contributed by atoms with E-state index in [-0.39, 0.29) is 0 Å². The van der Waals surface area contributed by atoms with E-state index in [9.17, 15) is 0 Å². The lowest BCUT2D eigenvalue weighted by molar-refractivity contribution is 0.173. The van der Waals surface area contributed by atoms with Gasteiger partial charge in [-0.1, -0.05) is 6.92 Å². The Morgan fingerprint density at radius 3 is 3.06 bits per heavy atom. The van der Waals surface area contributed by atoms with Gasteiger partial charge in [-0.25, -0.2) is 4.98 Å². The minimum absolute atomic E-state index is 0.522. The largest absolute Gasteiger partial charge is 0.347 e. The first-order valence-corrected chi connectivity index (χ1v) is 8.09. The molecule has 2 aliphatic heterocycles. The lowest BCUT2D eigenvalue weighted by atomic mass is 9.74. The summed E-state index contributed by atoms with van der Waals surface area (Å²) in [5, 5.41) is 7.05. The average Bonchev–Trinajstić information content (AvgIpc) is 2.88. The maximum atomic E-state index is 4.75. The second-order valence-corrected chi connectivity index (χ2v) is 6.62. The summed E-state index contributed by atoms with van der Waals surface area (Å²) < 4.78 is 0. The first-order chi connectivity index (χ1) is 8.81. The maximum Gasteiger partial charge on any atom is 0.185 e. The zero-order valence-electron chi connectivity index (χ0n) is 11.2. The molecular weight excluding hydrogens is 242 g/mol. The number of aryl methyl sites for hydroxylation is 1. The Bertz CT molecular complexity index is 390. The third-order valence-corrected chi connectivity index (χ3v) is 5.34. The van der Waals surface area contributed by atoms with Crippen molar-refractivity contribution < 1.29 is 0 Å². The molecule has 4 heteroatoms. The lowest BCUT2D eigenvalue weighted by Crippen LogP contribution is -2.51. The summed E-state index contributed by atoms with van der Waals surface area (Å²) in [6.45, 7) is 6.99. The summed E-state index contributed by atoms with van der Waals surface area (Å²) in [4.78, 5) is 7.28. The molecule has 2 aliphatic rings. The predicted octanol–water partition coefficient (Wildman–Crippen LogP) is 2.68. The van der Waals surface area contributed by atoms with Crippen LogP contribution in [0.5, 0.6) is 0 Å². The van der Waals surface area contributed by atoms with Gasteiger partial charge in [0.05, 0.1) is 5.69 Å². The third kappa shape index (κ3) is 2.41. The Kier molecular flexibility index (Phi) is 3.57. The maximum absolute atomic E-state index is 4.75. The number of hydrogen-bond acceptors (Lipinski definition) is 4. The van der Waals surface area contributed by atoms with Crippen LogP contribution in [0.3, 0.4) is 0 Å². The van der Waals surface area contributed by atoms with Gasteiger partial charge in [-0.15, -0.1) is 11.3 Å². The molecule has 1 N–H and O–H groups in total. The van der Waals surface area contributed by atoms with Crippen molar-refractivity contribution in [3.05, 3.63) is 11.1 Å². The Balaban J connectivity index is 1.73. The highest BCUT2D eigenvalue weighted by Crippen LogP contribution is 2.38. The topological polar surface area (TPSA) is 28.2 Å². The molecule has 1 atom stereocenters. The van der Waals surface area contributed by atoms with Crippen molar-refractivity contribution in [2.24, 2.45) is 5.41 Å². The quantitative estimate of drug-likeness (QED) is 0.891. The van der Waals surface area contributed by atoms with E-state index in [0.717, 1.165) is 6.42 Å². The lowest BCUT2D eigenvalue weighted by Gasteiger charge is -2.45. The van der Waals surface area contributed by atoms with Crippen molar-refractivity contribution in [1.82, 2.24) is 10.3 Å². The van der Waals surface area contributed by atoms with Crippen LogP contribution in [0.1, 0.15) is 38.3 Å². The fraction of sp³-hybridized carbons (Fsp3) is 0.786. The number of piperidine rings is 2. The Hall–Kier alpha value is -0.610. The molecule has 0 aromatic carbocycles. The summed E-state index contributed by atoms with van der Waals surface area (Å²) >= 11 is 1.82. The molecule has 0 saturated carbocycles. The number of anilines is 1. The van der Waals surface area contributed by atoms with Crippen molar-refractivity contribution in [2.75, 3.05) is 31.1 Å². The first-order valence-electron chi connectivity index (χ1n) is 7.21. The molecule has 3 rings (SSSR count). The third-order valence-electron chi connectivity index (χ3n) is 4.39. The molecule has 0 amide bonds. The molecule has 1 unspecified atom stereocenters. The summed E-state index contributed by atoms with van der Waals surface area (Å²) in [5.41, 5.74) is 1.77. The van der Waals surface area contributed by atoms with E-state index in [0.29, 0.717) is 5.41 Å². The van der Waals surface area contributed by atoms with Crippen molar-refractivity contribution in [3.8, 4) is 0 Å². The van der Waals surface area contributed by atoms with Gasteiger partial charge in [0, 0.05) is 30.4 Å². The molecule has 0 aliphatic carbocycles. The SMILES string of the molecule is CCc1csc(N2CCCC3(CCCNC3)C2)n1. The van der Waals surface area contributed by atoms with Gasteiger partial charge in [0.25, 0.3) is 0 Å². The van der Waals surface area contributed by atoms with Gasteiger partial charge >= 0.3 is 0 Å². The van der Waals surface area contributed by atoms with Crippen LogP contribution in [0.25, 0.3) is 0 Å². The molecule has 3 heterocycles. The normalized spacial score (nSPS) is 28.8. The Labute approximate surface area is 114 Å². The van der Waals surface area contributed by atoms with E-state index in [2.05, 4.69) is 22.5 Å². The number of nitrogens with zero attached hydrogens (tertiary/aromatic N) is 2. The number of hydrogen-bond donors (Lipinski definition) is 1. The summed E-state index contributed by atoms with van der Waals surface area (Å²) in [5.74, 6) is 0. The minimum atomic E-state index is 0.522. The number of nitrogens with one attached hydrogen (secondary N) is 1. The monoisotopic (exact) mass is 265 g/mol. The van der Waals surface area contributed by atoms with Crippen LogP contribution in [0.2, 0.25) is 0 Å². The fourth-order valence-corrected chi connectivity index (χ4v) is 4.29. The van der Waals surface area contributed by atoms with Crippen LogP contribution in [0.15, 0.2) is 5.38 Å². The highest BCUT2D eigenvalue weighted by molar-refractivity contribution is 7.13. The molecule has 2 fully saturated rings. The van der Waals surface area contributed by atoms with Crippen LogP contribution in [-0.4, -0.2) is 31.2 Å². The Morgan fingerprint density at radius 2 is 2.33 bits per heavy atom. The molecule has 1 aromatic rings. The van der Waals surface area contributed by atoms with Crippen molar-refractivity contribution in [3.63, 3.8) is 0 Å². The zero-order valence-corrected chi connectivity index (χ0v) is 12.1. The Morgan fingerprint density at radius 1 is 1.44 bits per heavy atom. The molecule has 1 spiro atoms. The smallest absolute Gasteiger partial charge is 0.185 e. The van der Waals surface area contributed by atoms with Gasteiger partial charge in [0.1, 0.15) is 0 Å². The molecule has 3 nitrogen and oxygen atoms in total. The number of aromatic nitrogens is 1. The van der Waals surface area contributed by atoms with Crippen LogP contribution in [-0.2, 0) is 6.42 Å². The highest BCUT2D eigenvalue weighted by Gasteiger charge is 2.37. The van der Waals surface area contributed by atoms with Gasteiger partial charge in [-0.2, -0.15) is 0 Å². The van der Waals surface area contributed by atoms with Crippen LogP contribution in [0.4, 0.5) is 5.13 Å². The second kappa shape index (κ2) is 5.17. The number of thiazole rings is 1. The zero-order chi connectivity index (χ0) is 12.4. The standard InChI is InChI=1S/C14H23N3S/c1-2-12-9-18-13(16-12)17-8-4-6-14(11-17)5-3-7-15-10-14/h9,15H,2-8,10-11H2,1H3. The fourth-order valence-electron chi connectivity index (χ4n) is 3.35. The number of rotatable bonds is 2. The second-order valence-electron chi connectivity index (χ2n) is 5.78. The summed E-state index contributed by atoms with van der Waals surface area (Å²) in [7, 11) is 0. The van der Waals surface area contributed by atoms with Gasteiger partial charge in [-0.05, 0) is 38.6 Å². The van der Waals surface area contributed by atoms with E-state index in [1.165, 1.54) is 62.7 Å². The van der Waals surface area contributed by atoms with Gasteiger partial charge < -0.3 is 10.2 Å². The molecular formula is C14H23N3S.